The van der Waals surface area contributed by atoms with E-state index in [9.17, 15) is 9.59 Å². The molecule has 0 bridgehead atoms. The third-order valence-corrected chi connectivity index (χ3v) is 3.56. The van der Waals surface area contributed by atoms with Crippen molar-refractivity contribution in [2.75, 3.05) is 0 Å². The van der Waals surface area contributed by atoms with Gasteiger partial charge in [0.15, 0.2) is 0 Å². The van der Waals surface area contributed by atoms with E-state index in [4.69, 9.17) is 5.11 Å². The molecule has 5 nitrogen and oxygen atoms in total. The zero-order valence-corrected chi connectivity index (χ0v) is 12.5. The molecule has 5 heteroatoms. The fourth-order valence-corrected chi connectivity index (χ4v) is 2.37. The molecule has 1 atom stereocenters. The highest BCUT2D eigenvalue weighted by Gasteiger charge is 2.17. The highest BCUT2D eigenvalue weighted by molar-refractivity contribution is 5.95. The molecule has 22 heavy (non-hydrogen) atoms. The number of carboxylic acid groups (broad SMARTS) is 1. The first-order valence-corrected chi connectivity index (χ1v) is 7.26. The summed E-state index contributed by atoms with van der Waals surface area (Å²) in [6, 6.07) is 9.53. The van der Waals surface area contributed by atoms with Crippen molar-refractivity contribution in [3.05, 3.63) is 59.4 Å². The monoisotopic (exact) mass is 300 g/mol. The summed E-state index contributed by atoms with van der Waals surface area (Å²) in [6.45, 7) is 1.86. The molecule has 0 spiro atoms. The van der Waals surface area contributed by atoms with Gasteiger partial charge >= 0.3 is 5.97 Å². The predicted molar refractivity (Wildman–Crippen MR) is 83.8 cm³/mol. The molecule has 0 aliphatic rings. The molecular formula is C17H20N2O3. The van der Waals surface area contributed by atoms with E-state index in [1.165, 1.54) is 0 Å². The Morgan fingerprint density at radius 3 is 2.55 bits per heavy atom. The van der Waals surface area contributed by atoms with Crippen molar-refractivity contribution in [2.45, 2.75) is 32.2 Å². The van der Waals surface area contributed by atoms with Crippen LogP contribution in [0.25, 0.3) is 0 Å². The number of carbonyl (C=O) groups excluding carboxylic acids is 1. The van der Waals surface area contributed by atoms with Gasteiger partial charge in [0.1, 0.15) is 0 Å². The van der Waals surface area contributed by atoms with Crippen molar-refractivity contribution in [1.29, 1.82) is 0 Å². The van der Waals surface area contributed by atoms with Crippen LogP contribution in [0.5, 0.6) is 0 Å². The lowest BCUT2D eigenvalue weighted by atomic mass is 10.0. The topological polar surface area (TPSA) is 82.2 Å². The molecule has 1 heterocycles. The Hall–Kier alpha value is -2.56. The van der Waals surface area contributed by atoms with Crippen LogP contribution in [0, 0.1) is 6.92 Å². The van der Waals surface area contributed by atoms with Gasteiger partial charge in [-0.2, -0.15) is 0 Å². The van der Waals surface area contributed by atoms with Crippen molar-refractivity contribution in [1.82, 2.24) is 10.3 Å². The molecule has 0 aliphatic heterocycles. The van der Waals surface area contributed by atoms with E-state index in [-0.39, 0.29) is 18.4 Å². The largest absolute Gasteiger partial charge is 0.481 e. The maximum absolute atomic E-state index is 12.3. The van der Waals surface area contributed by atoms with Crippen molar-refractivity contribution < 1.29 is 14.7 Å². The first-order chi connectivity index (χ1) is 10.6. The predicted octanol–water partition coefficient (Wildman–Crippen LogP) is 2.53. The Morgan fingerprint density at radius 1 is 1.23 bits per heavy atom. The number of rotatable bonds is 7. The van der Waals surface area contributed by atoms with E-state index >= 15 is 0 Å². The first-order valence-electron chi connectivity index (χ1n) is 7.26. The number of benzene rings is 1. The van der Waals surface area contributed by atoms with E-state index in [2.05, 4.69) is 10.3 Å². The molecule has 1 amide bonds. The van der Waals surface area contributed by atoms with E-state index in [1.807, 2.05) is 37.3 Å². The number of aromatic nitrogens is 1. The standard InChI is InChI=1S/C17H20N2O3/c1-12-10-18-11-15(12)17(22)19-14(7-8-16(20)21)9-13-5-3-2-4-6-13/h2-6,10-11,14,18H,7-9H2,1H3,(H,19,22)(H,20,21). The number of aryl methyl sites for hydroxylation is 1. The minimum atomic E-state index is -0.856. The summed E-state index contributed by atoms with van der Waals surface area (Å²) in [7, 11) is 0. The lowest BCUT2D eigenvalue weighted by Crippen LogP contribution is -2.37. The van der Waals surface area contributed by atoms with Crippen LogP contribution in [0.3, 0.4) is 0 Å². The van der Waals surface area contributed by atoms with Crippen LogP contribution >= 0.6 is 0 Å². The fourth-order valence-electron chi connectivity index (χ4n) is 2.37. The van der Waals surface area contributed by atoms with Gasteiger partial charge < -0.3 is 15.4 Å². The maximum Gasteiger partial charge on any atom is 0.303 e. The van der Waals surface area contributed by atoms with Gasteiger partial charge in [0.2, 0.25) is 0 Å². The van der Waals surface area contributed by atoms with Gasteiger partial charge in [0.25, 0.3) is 5.91 Å². The van der Waals surface area contributed by atoms with Crippen LogP contribution in [0.15, 0.2) is 42.7 Å². The number of aliphatic carboxylic acids is 1. The van der Waals surface area contributed by atoms with Crippen LogP contribution in [-0.2, 0) is 11.2 Å². The normalized spacial score (nSPS) is 11.9. The van der Waals surface area contributed by atoms with Crippen LogP contribution < -0.4 is 5.32 Å². The van der Waals surface area contributed by atoms with Gasteiger partial charge in [-0.3, -0.25) is 9.59 Å². The van der Waals surface area contributed by atoms with Crippen LogP contribution in [0.4, 0.5) is 0 Å². The number of H-pyrrole nitrogens is 1. The van der Waals surface area contributed by atoms with Crippen molar-refractivity contribution in [3.8, 4) is 0 Å². The molecular weight excluding hydrogens is 280 g/mol. The molecule has 116 valence electrons. The Bertz CT molecular complexity index is 634. The zero-order chi connectivity index (χ0) is 15.9. The summed E-state index contributed by atoms with van der Waals surface area (Å²) < 4.78 is 0. The lowest BCUT2D eigenvalue weighted by Gasteiger charge is -2.18. The number of carbonyl (C=O) groups is 2. The van der Waals surface area contributed by atoms with Gasteiger partial charge in [0.05, 0.1) is 5.56 Å². The minimum Gasteiger partial charge on any atom is -0.481 e. The fraction of sp³-hybridized carbons (Fsp3) is 0.294. The quantitative estimate of drug-likeness (QED) is 0.735. The van der Waals surface area contributed by atoms with E-state index in [0.717, 1.165) is 11.1 Å². The summed E-state index contributed by atoms with van der Waals surface area (Å²) >= 11 is 0. The van der Waals surface area contributed by atoms with E-state index in [1.54, 1.807) is 12.4 Å². The second-order valence-corrected chi connectivity index (χ2v) is 5.34. The molecule has 0 radical (unpaired) electrons. The highest BCUT2D eigenvalue weighted by atomic mass is 16.4. The summed E-state index contributed by atoms with van der Waals surface area (Å²) in [5.74, 6) is -1.03. The number of carboxylic acids is 1. The molecule has 1 aromatic carbocycles. The van der Waals surface area contributed by atoms with Crippen LogP contribution in [-0.4, -0.2) is 28.0 Å². The number of hydrogen-bond donors (Lipinski definition) is 3. The molecule has 0 saturated heterocycles. The van der Waals surface area contributed by atoms with E-state index < -0.39 is 5.97 Å². The SMILES string of the molecule is Cc1c[nH]cc1C(=O)NC(CCC(=O)O)Cc1ccccc1. The van der Waals surface area contributed by atoms with Gasteiger partial charge in [0, 0.05) is 24.9 Å². The number of hydrogen-bond acceptors (Lipinski definition) is 2. The number of nitrogens with one attached hydrogen (secondary N) is 2. The van der Waals surface area contributed by atoms with Crippen molar-refractivity contribution in [2.24, 2.45) is 0 Å². The van der Waals surface area contributed by atoms with Crippen LogP contribution in [0.1, 0.15) is 34.3 Å². The van der Waals surface area contributed by atoms with Gasteiger partial charge in [-0.05, 0) is 30.9 Å². The number of amides is 1. The summed E-state index contributed by atoms with van der Waals surface area (Å²) in [6.07, 6.45) is 4.46. The number of aromatic amines is 1. The second kappa shape index (κ2) is 7.45. The Kier molecular flexibility index (Phi) is 5.36. The molecule has 3 N–H and O–H groups in total. The Balaban J connectivity index is 2.05. The zero-order valence-electron chi connectivity index (χ0n) is 12.5. The molecule has 1 unspecified atom stereocenters. The summed E-state index contributed by atoms with van der Waals surface area (Å²) in [5.41, 5.74) is 2.53. The molecule has 2 rings (SSSR count). The highest BCUT2D eigenvalue weighted by Crippen LogP contribution is 2.11. The third-order valence-electron chi connectivity index (χ3n) is 3.56. The molecule has 0 saturated carbocycles. The van der Waals surface area contributed by atoms with Gasteiger partial charge in [-0.15, -0.1) is 0 Å². The Morgan fingerprint density at radius 2 is 1.95 bits per heavy atom. The first kappa shape index (κ1) is 15.8. The Labute approximate surface area is 129 Å². The molecule has 1 aromatic heterocycles. The van der Waals surface area contributed by atoms with Crippen molar-refractivity contribution >= 4 is 11.9 Å². The summed E-state index contributed by atoms with van der Waals surface area (Å²) in [5, 5.41) is 11.8. The van der Waals surface area contributed by atoms with Gasteiger partial charge in [-0.1, -0.05) is 30.3 Å². The van der Waals surface area contributed by atoms with Crippen LogP contribution in [0.2, 0.25) is 0 Å². The van der Waals surface area contributed by atoms with E-state index in [0.29, 0.717) is 18.4 Å². The summed E-state index contributed by atoms with van der Waals surface area (Å²) in [4.78, 5) is 26.0. The lowest BCUT2D eigenvalue weighted by molar-refractivity contribution is -0.137. The molecule has 0 fully saturated rings. The second-order valence-electron chi connectivity index (χ2n) is 5.34. The van der Waals surface area contributed by atoms with Crippen molar-refractivity contribution in [3.63, 3.8) is 0 Å². The molecule has 2 aromatic rings. The third kappa shape index (κ3) is 4.48. The smallest absolute Gasteiger partial charge is 0.303 e. The van der Waals surface area contributed by atoms with Gasteiger partial charge in [-0.25, -0.2) is 0 Å². The average Bonchev–Trinajstić information content (AvgIpc) is 2.92. The maximum atomic E-state index is 12.3. The molecule has 0 aliphatic carbocycles. The minimum absolute atomic E-state index is 0.0316. The average molecular weight is 300 g/mol.